The van der Waals surface area contributed by atoms with Crippen LogP contribution in [-0.4, -0.2) is 12.9 Å². The highest BCUT2D eigenvalue weighted by Crippen LogP contribution is 2.22. The maximum atomic E-state index is 12.1. The van der Waals surface area contributed by atoms with Crippen molar-refractivity contribution in [3.8, 4) is 0 Å². The van der Waals surface area contributed by atoms with E-state index in [1.54, 1.807) is 37.4 Å². The molecule has 0 bridgehead atoms. The standard InChI is InChI=1S/C13H10ClIO3/c1-17-7-9-3-5-12(18-9)13(16)8-2-4-11(15)10(14)6-8/h2-6H,7H2,1H3. The molecular weight excluding hydrogens is 366 g/mol. The second-order valence-corrected chi connectivity index (χ2v) is 5.23. The molecule has 0 amide bonds. The number of carbonyl (C=O) groups is 1. The van der Waals surface area contributed by atoms with Gasteiger partial charge in [-0.2, -0.15) is 0 Å². The molecule has 1 aromatic carbocycles. The van der Waals surface area contributed by atoms with Gasteiger partial charge in [0.25, 0.3) is 0 Å². The van der Waals surface area contributed by atoms with E-state index in [0.29, 0.717) is 28.7 Å². The average Bonchev–Trinajstić information content (AvgIpc) is 2.81. The highest BCUT2D eigenvalue weighted by atomic mass is 127. The highest BCUT2D eigenvalue weighted by molar-refractivity contribution is 14.1. The Morgan fingerprint density at radius 1 is 1.39 bits per heavy atom. The normalized spacial score (nSPS) is 10.6. The molecule has 0 aliphatic carbocycles. The Morgan fingerprint density at radius 2 is 2.17 bits per heavy atom. The van der Waals surface area contributed by atoms with Gasteiger partial charge in [-0.15, -0.1) is 0 Å². The van der Waals surface area contributed by atoms with E-state index in [4.69, 9.17) is 20.8 Å². The quantitative estimate of drug-likeness (QED) is 0.600. The van der Waals surface area contributed by atoms with Gasteiger partial charge in [-0.05, 0) is 52.9 Å². The molecule has 0 aliphatic heterocycles. The van der Waals surface area contributed by atoms with Crippen molar-refractivity contribution < 1.29 is 13.9 Å². The molecule has 0 N–H and O–H groups in total. The zero-order valence-corrected chi connectivity index (χ0v) is 12.5. The number of ether oxygens (including phenoxy) is 1. The SMILES string of the molecule is COCc1ccc(C(=O)c2ccc(I)c(Cl)c2)o1. The number of benzene rings is 1. The Hall–Kier alpha value is -0.850. The van der Waals surface area contributed by atoms with Crippen LogP contribution in [0.3, 0.4) is 0 Å². The van der Waals surface area contributed by atoms with Crippen molar-refractivity contribution in [2.75, 3.05) is 7.11 Å². The van der Waals surface area contributed by atoms with Crippen LogP contribution < -0.4 is 0 Å². The number of hydrogen-bond acceptors (Lipinski definition) is 3. The lowest BCUT2D eigenvalue weighted by molar-refractivity contribution is 0.1000. The van der Waals surface area contributed by atoms with E-state index < -0.39 is 0 Å². The Balaban J connectivity index is 2.26. The van der Waals surface area contributed by atoms with Crippen molar-refractivity contribution in [3.05, 3.63) is 56.0 Å². The van der Waals surface area contributed by atoms with Gasteiger partial charge >= 0.3 is 0 Å². The molecule has 1 aromatic heterocycles. The molecule has 0 radical (unpaired) electrons. The molecule has 0 fully saturated rings. The number of carbonyl (C=O) groups excluding carboxylic acids is 1. The molecule has 1 heterocycles. The Labute approximate surface area is 123 Å². The molecule has 2 rings (SSSR count). The smallest absolute Gasteiger partial charge is 0.228 e. The van der Waals surface area contributed by atoms with E-state index >= 15 is 0 Å². The lowest BCUT2D eigenvalue weighted by Gasteiger charge is -2.00. The summed E-state index contributed by atoms with van der Waals surface area (Å²) in [6, 6.07) is 8.54. The largest absolute Gasteiger partial charge is 0.455 e. The van der Waals surface area contributed by atoms with Gasteiger partial charge in [0.15, 0.2) is 5.76 Å². The summed E-state index contributed by atoms with van der Waals surface area (Å²) in [5.74, 6) is 0.729. The fourth-order valence-electron chi connectivity index (χ4n) is 1.50. The number of hydrogen-bond donors (Lipinski definition) is 0. The van der Waals surface area contributed by atoms with Crippen molar-refractivity contribution in [3.63, 3.8) is 0 Å². The van der Waals surface area contributed by atoms with Gasteiger partial charge in [0.1, 0.15) is 12.4 Å². The van der Waals surface area contributed by atoms with Gasteiger partial charge < -0.3 is 9.15 Å². The van der Waals surface area contributed by atoms with E-state index in [1.165, 1.54) is 0 Å². The van der Waals surface area contributed by atoms with E-state index in [-0.39, 0.29) is 5.78 Å². The molecule has 18 heavy (non-hydrogen) atoms. The van der Waals surface area contributed by atoms with Crippen LogP contribution in [0.5, 0.6) is 0 Å². The zero-order chi connectivity index (χ0) is 13.1. The number of furan rings is 1. The lowest BCUT2D eigenvalue weighted by Crippen LogP contribution is -1.99. The van der Waals surface area contributed by atoms with Crippen LogP contribution in [0, 0.1) is 3.57 Å². The summed E-state index contributed by atoms with van der Waals surface area (Å²) < 4.78 is 11.2. The van der Waals surface area contributed by atoms with Crippen LogP contribution in [0.1, 0.15) is 21.9 Å². The fourth-order valence-corrected chi connectivity index (χ4v) is 2.02. The number of methoxy groups -OCH3 is 1. The molecule has 3 nitrogen and oxygen atoms in total. The monoisotopic (exact) mass is 376 g/mol. The second kappa shape index (κ2) is 5.86. The maximum Gasteiger partial charge on any atom is 0.228 e. The van der Waals surface area contributed by atoms with Gasteiger partial charge in [0.05, 0.1) is 5.02 Å². The minimum absolute atomic E-state index is 0.185. The first-order valence-corrected chi connectivity index (χ1v) is 6.65. The molecule has 0 saturated carbocycles. The molecule has 0 unspecified atom stereocenters. The minimum atomic E-state index is -0.185. The first-order valence-electron chi connectivity index (χ1n) is 5.19. The molecule has 5 heteroatoms. The van der Waals surface area contributed by atoms with Crippen molar-refractivity contribution in [1.29, 1.82) is 0 Å². The third-order valence-corrected chi connectivity index (χ3v) is 3.93. The molecule has 0 saturated heterocycles. The third-order valence-electron chi connectivity index (χ3n) is 2.35. The number of halogens is 2. The molecule has 0 aliphatic rings. The highest BCUT2D eigenvalue weighted by Gasteiger charge is 2.14. The summed E-state index contributed by atoms with van der Waals surface area (Å²) in [5, 5.41) is 0.560. The van der Waals surface area contributed by atoms with E-state index in [9.17, 15) is 4.79 Å². The summed E-state index contributed by atoms with van der Waals surface area (Å²) >= 11 is 8.10. The van der Waals surface area contributed by atoms with Crippen LogP contribution in [-0.2, 0) is 11.3 Å². The zero-order valence-electron chi connectivity index (χ0n) is 9.57. The van der Waals surface area contributed by atoms with Crippen LogP contribution in [0.15, 0.2) is 34.7 Å². The minimum Gasteiger partial charge on any atom is -0.455 e. The summed E-state index contributed by atoms with van der Waals surface area (Å²) in [7, 11) is 1.57. The molecule has 94 valence electrons. The number of ketones is 1. The first kappa shape index (κ1) is 13.6. The maximum absolute atomic E-state index is 12.1. The van der Waals surface area contributed by atoms with E-state index in [2.05, 4.69) is 22.6 Å². The van der Waals surface area contributed by atoms with Gasteiger partial charge in [0.2, 0.25) is 5.78 Å². The molecular formula is C13H10ClIO3. The summed E-state index contributed by atoms with van der Waals surface area (Å²) in [6.45, 7) is 0.348. The van der Waals surface area contributed by atoms with E-state index in [0.717, 1.165) is 3.57 Å². The average molecular weight is 377 g/mol. The van der Waals surface area contributed by atoms with Crippen LogP contribution in [0.25, 0.3) is 0 Å². The van der Waals surface area contributed by atoms with E-state index in [1.807, 2.05) is 0 Å². The predicted octanol–water partition coefficient (Wildman–Crippen LogP) is 3.92. The third kappa shape index (κ3) is 2.93. The molecule has 0 spiro atoms. The lowest BCUT2D eigenvalue weighted by atomic mass is 10.1. The Bertz CT molecular complexity index is 577. The van der Waals surface area contributed by atoms with Crippen molar-refractivity contribution in [2.24, 2.45) is 0 Å². The van der Waals surface area contributed by atoms with Crippen LogP contribution in [0.2, 0.25) is 5.02 Å². The summed E-state index contributed by atoms with van der Waals surface area (Å²) in [5.41, 5.74) is 0.513. The van der Waals surface area contributed by atoms with Crippen molar-refractivity contribution in [1.82, 2.24) is 0 Å². The van der Waals surface area contributed by atoms with Gasteiger partial charge in [-0.25, -0.2) is 0 Å². The number of rotatable bonds is 4. The summed E-state index contributed by atoms with van der Waals surface area (Å²) in [4.78, 5) is 12.1. The topological polar surface area (TPSA) is 39.4 Å². The summed E-state index contributed by atoms with van der Waals surface area (Å²) in [6.07, 6.45) is 0. The van der Waals surface area contributed by atoms with Crippen LogP contribution >= 0.6 is 34.2 Å². The molecule has 0 atom stereocenters. The Morgan fingerprint density at radius 3 is 2.83 bits per heavy atom. The van der Waals surface area contributed by atoms with Gasteiger partial charge in [0, 0.05) is 16.2 Å². The fraction of sp³-hybridized carbons (Fsp3) is 0.154. The van der Waals surface area contributed by atoms with Gasteiger partial charge in [-0.3, -0.25) is 4.79 Å². The van der Waals surface area contributed by atoms with Gasteiger partial charge in [-0.1, -0.05) is 11.6 Å². The van der Waals surface area contributed by atoms with Crippen molar-refractivity contribution >= 4 is 40.0 Å². The van der Waals surface area contributed by atoms with Crippen LogP contribution in [0.4, 0.5) is 0 Å². The Kier molecular flexibility index (Phi) is 4.42. The molecule has 2 aromatic rings. The second-order valence-electron chi connectivity index (χ2n) is 3.66. The predicted molar refractivity (Wildman–Crippen MR) is 77.0 cm³/mol. The first-order chi connectivity index (χ1) is 8.61. The van der Waals surface area contributed by atoms with Crippen molar-refractivity contribution in [2.45, 2.75) is 6.61 Å².